The Hall–Kier alpha value is -1.75. The normalized spacial score (nSPS) is 17.4. The van der Waals surface area contributed by atoms with E-state index in [0.717, 1.165) is 32.7 Å². The van der Waals surface area contributed by atoms with E-state index < -0.39 is 6.10 Å². The molecule has 5 heteroatoms. The van der Waals surface area contributed by atoms with Gasteiger partial charge in [-0.3, -0.25) is 4.79 Å². The van der Waals surface area contributed by atoms with Crippen molar-refractivity contribution in [3.63, 3.8) is 0 Å². The zero-order valence-electron chi connectivity index (χ0n) is 13.0. The van der Waals surface area contributed by atoms with Gasteiger partial charge < -0.3 is 19.3 Å². The molecule has 0 bridgehead atoms. The summed E-state index contributed by atoms with van der Waals surface area (Å²) in [6, 6.07) is 7.39. The van der Waals surface area contributed by atoms with Crippen molar-refractivity contribution in [1.82, 2.24) is 9.80 Å². The predicted molar refractivity (Wildman–Crippen MR) is 81.8 cm³/mol. The molecule has 1 atom stereocenters. The lowest BCUT2D eigenvalue weighted by atomic mass is 10.2. The zero-order chi connectivity index (χ0) is 15.2. The average molecular weight is 292 g/mol. The Bertz CT molecular complexity index is 470. The highest BCUT2D eigenvalue weighted by atomic mass is 16.5. The highest BCUT2D eigenvalue weighted by Crippen LogP contribution is 2.27. The Morgan fingerprint density at radius 1 is 1.19 bits per heavy atom. The third kappa shape index (κ3) is 3.88. The molecule has 2 rings (SSSR count). The summed E-state index contributed by atoms with van der Waals surface area (Å²) in [6.07, 6.45) is -0.505. The van der Waals surface area contributed by atoms with Crippen LogP contribution in [0.4, 0.5) is 0 Å². The SMILES string of the molecule is CCN1CCN(C(=O)[C@@H](C)Oc2ccccc2OC)CC1. The lowest BCUT2D eigenvalue weighted by molar-refractivity contribution is -0.139. The standard InChI is InChI=1S/C16H24N2O3/c1-4-17-9-11-18(12-10-17)16(19)13(2)21-15-8-6-5-7-14(15)20-3/h5-8,13H,4,9-12H2,1-3H3/t13-/m1/s1. The predicted octanol–water partition coefficient (Wildman–Crippen LogP) is 1.63. The van der Waals surface area contributed by atoms with Crippen molar-refractivity contribution in [2.24, 2.45) is 0 Å². The number of piperazine rings is 1. The van der Waals surface area contributed by atoms with Gasteiger partial charge in [0, 0.05) is 26.2 Å². The van der Waals surface area contributed by atoms with Gasteiger partial charge in [0.05, 0.1) is 7.11 Å². The lowest BCUT2D eigenvalue weighted by Gasteiger charge is -2.35. The summed E-state index contributed by atoms with van der Waals surface area (Å²) in [5.74, 6) is 1.29. The van der Waals surface area contributed by atoms with E-state index in [9.17, 15) is 4.79 Å². The lowest BCUT2D eigenvalue weighted by Crippen LogP contribution is -2.51. The second kappa shape index (κ2) is 7.31. The first-order valence-corrected chi connectivity index (χ1v) is 7.46. The monoisotopic (exact) mass is 292 g/mol. The number of methoxy groups -OCH3 is 1. The summed E-state index contributed by atoms with van der Waals surface area (Å²) in [5.41, 5.74) is 0. The molecule has 0 radical (unpaired) electrons. The van der Waals surface area contributed by atoms with E-state index in [0.29, 0.717) is 11.5 Å². The topological polar surface area (TPSA) is 42.0 Å². The van der Waals surface area contributed by atoms with Crippen LogP contribution in [-0.4, -0.2) is 61.6 Å². The average Bonchev–Trinajstić information content (AvgIpc) is 2.54. The molecule has 1 amide bonds. The number of hydrogen-bond donors (Lipinski definition) is 0. The van der Waals surface area contributed by atoms with E-state index in [1.807, 2.05) is 29.2 Å². The number of likely N-dealkylation sites (N-methyl/N-ethyl adjacent to an activating group) is 1. The molecule has 116 valence electrons. The molecule has 1 aromatic rings. The van der Waals surface area contributed by atoms with Gasteiger partial charge in [0.25, 0.3) is 5.91 Å². The Morgan fingerprint density at radius 3 is 2.38 bits per heavy atom. The molecular formula is C16H24N2O3. The van der Waals surface area contributed by atoms with Gasteiger partial charge in [-0.25, -0.2) is 0 Å². The molecule has 0 saturated carbocycles. The fraction of sp³-hybridized carbons (Fsp3) is 0.562. The molecule has 0 aliphatic carbocycles. The van der Waals surface area contributed by atoms with E-state index in [4.69, 9.17) is 9.47 Å². The Morgan fingerprint density at radius 2 is 1.81 bits per heavy atom. The van der Waals surface area contributed by atoms with Crippen LogP contribution in [0.2, 0.25) is 0 Å². The largest absolute Gasteiger partial charge is 0.493 e. The molecule has 1 fully saturated rings. The van der Waals surface area contributed by atoms with Crippen molar-refractivity contribution < 1.29 is 14.3 Å². The van der Waals surface area contributed by atoms with Crippen LogP contribution in [0.3, 0.4) is 0 Å². The van der Waals surface area contributed by atoms with Crippen LogP contribution in [-0.2, 0) is 4.79 Å². The van der Waals surface area contributed by atoms with Gasteiger partial charge in [-0.15, -0.1) is 0 Å². The first kappa shape index (κ1) is 15.6. The summed E-state index contributed by atoms with van der Waals surface area (Å²) in [7, 11) is 1.60. The van der Waals surface area contributed by atoms with Crippen molar-refractivity contribution in [3.05, 3.63) is 24.3 Å². The van der Waals surface area contributed by atoms with Crippen LogP contribution < -0.4 is 9.47 Å². The van der Waals surface area contributed by atoms with Gasteiger partial charge in [0.15, 0.2) is 17.6 Å². The molecule has 0 spiro atoms. The maximum atomic E-state index is 12.4. The molecule has 0 aromatic heterocycles. The fourth-order valence-corrected chi connectivity index (χ4v) is 2.50. The van der Waals surface area contributed by atoms with Crippen molar-refractivity contribution in [3.8, 4) is 11.5 Å². The first-order chi connectivity index (χ1) is 10.2. The number of benzene rings is 1. The van der Waals surface area contributed by atoms with Crippen molar-refractivity contribution in [2.45, 2.75) is 20.0 Å². The van der Waals surface area contributed by atoms with Crippen LogP contribution >= 0.6 is 0 Å². The van der Waals surface area contributed by atoms with Gasteiger partial charge in [-0.05, 0) is 25.6 Å². The third-order valence-corrected chi connectivity index (χ3v) is 3.85. The minimum Gasteiger partial charge on any atom is -0.493 e. The Kier molecular flexibility index (Phi) is 5.44. The molecule has 1 saturated heterocycles. The fourth-order valence-electron chi connectivity index (χ4n) is 2.50. The second-order valence-corrected chi connectivity index (χ2v) is 5.17. The summed E-state index contributed by atoms with van der Waals surface area (Å²) in [5, 5.41) is 0. The molecule has 1 heterocycles. The number of carbonyl (C=O) groups excluding carboxylic acids is 1. The van der Waals surface area contributed by atoms with Crippen LogP contribution in [0.5, 0.6) is 11.5 Å². The van der Waals surface area contributed by atoms with E-state index >= 15 is 0 Å². The molecule has 1 aliphatic rings. The van der Waals surface area contributed by atoms with Crippen LogP contribution in [0, 0.1) is 0 Å². The van der Waals surface area contributed by atoms with Crippen LogP contribution in [0.15, 0.2) is 24.3 Å². The zero-order valence-corrected chi connectivity index (χ0v) is 13.0. The number of para-hydroxylation sites is 2. The molecule has 0 N–H and O–H groups in total. The molecule has 1 aliphatic heterocycles. The molecule has 5 nitrogen and oxygen atoms in total. The Labute approximate surface area is 126 Å². The maximum Gasteiger partial charge on any atom is 0.263 e. The van der Waals surface area contributed by atoms with Crippen molar-refractivity contribution in [1.29, 1.82) is 0 Å². The van der Waals surface area contributed by atoms with E-state index in [2.05, 4.69) is 11.8 Å². The second-order valence-electron chi connectivity index (χ2n) is 5.17. The van der Waals surface area contributed by atoms with Gasteiger partial charge in [-0.2, -0.15) is 0 Å². The third-order valence-electron chi connectivity index (χ3n) is 3.85. The van der Waals surface area contributed by atoms with Gasteiger partial charge in [-0.1, -0.05) is 19.1 Å². The van der Waals surface area contributed by atoms with Gasteiger partial charge in [0.2, 0.25) is 0 Å². The number of nitrogens with zero attached hydrogens (tertiary/aromatic N) is 2. The smallest absolute Gasteiger partial charge is 0.263 e. The first-order valence-electron chi connectivity index (χ1n) is 7.46. The van der Waals surface area contributed by atoms with E-state index in [1.165, 1.54) is 0 Å². The van der Waals surface area contributed by atoms with E-state index in [-0.39, 0.29) is 5.91 Å². The van der Waals surface area contributed by atoms with Crippen LogP contribution in [0.25, 0.3) is 0 Å². The summed E-state index contributed by atoms with van der Waals surface area (Å²) in [6.45, 7) is 8.38. The quantitative estimate of drug-likeness (QED) is 0.827. The molecule has 0 unspecified atom stereocenters. The summed E-state index contributed by atoms with van der Waals surface area (Å²) >= 11 is 0. The number of rotatable bonds is 5. The highest BCUT2D eigenvalue weighted by Gasteiger charge is 2.26. The molecular weight excluding hydrogens is 268 g/mol. The van der Waals surface area contributed by atoms with Crippen molar-refractivity contribution in [2.75, 3.05) is 39.8 Å². The van der Waals surface area contributed by atoms with Gasteiger partial charge >= 0.3 is 0 Å². The maximum absolute atomic E-state index is 12.4. The van der Waals surface area contributed by atoms with Crippen molar-refractivity contribution >= 4 is 5.91 Å². The van der Waals surface area contributed by atoms with E-state index in [1.54, 1.807) is 14.0 Å². The Balaban J connectivity index is 1.94. The number of hydrogen-bond acceptors (Lipinski definition) is 4. The summed E-state index contributed by atoms with van der Waals surface area (Å²) < 4.78 is 11.0. The number of ether oxygens (including phenoxy) is 2. The minimum absolute atomic E-state index is 0.0386. The molecule has 21 heavy (non-hydrogen) atoms. The highest BCUT2D eigenvalue weighted by molar-refractivity contribution is 5.81. The van der Waals surface area contributed by atoms with Gasteiger partial charge in [0.1, 0.15) is 0 Å². The van der Waals surface area contributed by atoms with Crippen LogP contribution in [0.1, 0.15) is 13.8 Å². The minimum atomic E-state index is -0.505. The molecule has 1 aromatic carbocycles. The number of carbonyl (C=O) groups is 1. The summed E-state index contributed by atoms with van der Waals surface area (Å²) in [4.78, 5) is 16.7. The number of amides is 1.